The molecule has 13 heavy (non-hydrogen) atoms. The van der Waals surface area contributed by atoms with E-state index in [9.17, 15) is 4.79 Å². The predicted molar refractivity (Wildman–Crippen MR) is 50.0 cm³/mol. The molecule has 1 aromatic carbocycles. The fraction of sp³-hybridized carbons (Fsp3) is 0.364. The summed E-state index contributed by atoms with van der Waals surface area (Å²) in [6.07, 6.45) is 0.524. The van der Waals surface area contributed by atoms with Gasteiger partial charge in [-0.15, -0.1) is 0 Å². The molecular formula is C11H12O2. The Balaban J connectivity index is 2.46. The van der Waals surface area contributed by atoms with Crippen LogP contribution in [-0.4, -0.2) is 12.4 Å². The number of fused-ring (bicyclic) bond motifs is 1. The minimum Gasteiger partial charge on any atom is -0.493 e. The van der Waals surface area contributed by atoms with E-state index in [1.807, 2.05) is 31.2 Å². The summed E-state index contributed by atoms with van der Waals surface area (Å²) in [5.74, 6) is 1.12. The Bertz CT molecular complexity index is 331. The van der Waals surface area contributed by atoms with E-state index in [1.54, 1.807) is 0 Å². The molecule has 0 amide bonds. The second-order valence-electron chi connectivity index (χ2n) is 3.32. The van der Waals surface area contributed by atoms with Crippen LogP contribution in [0.1, 0.15) is 24.8 Å². The van der Waals surface area contributed by atoms with Crippen LogP contribution < -0.4 is 4.74 Å². The Hall–Kier alpha value is -1.31. The van der Waals surface area contributed by atoms with Gasteiger partial charge in [0, 0.05) is 17.9 Å². The minimum atomic E-state index is -0.0151. The SMILES string of the molecule is CC1C(=O)CCOc2ccccc21. The Labute approximate surface area is 77.5 Å². The summed E-state index contributed by atoms with van der Waals surface area (Å²) in [5, 5.41) is 0. The van der Waals surface area contributed by atoms with Crippen molar-refractivity contribution >= 4 is 5.78 Å². The Morgan fingerprint density at radius 2 is 2.15 bits per heavy atom. The van der Waals surface area contributed by atoms with Crippen molar-refractivity contribution in [2.75, 3.05) is 6.61 Å². The van der Waals surface area contributed by atoms with Crippen molar-refractivity contribution < 1.29 is 9.53 Å². The minimum absolute atomic E-state index is 0.0151. The second kappa shape index (κ2) is 3.21. The first kappa shape index (κ1) is 8.30. The summed E-state index contributed by atoms with van der Waals surface area (Å²) in [6, 6.07) is 7.76. The zero-order chi connectivity index (χ0) is 9.26. The third kappa shape index (κ3) is 1.44. The van der Waals surface area contributed by atoms with E-state index in [4.69, 9.17) is 4.74 Å². The third-order valence-electron chi connectivity index (χ3n) is 2.47. The van der Waals surface area contributed by atoms with Crippen LogP contribution in [0.15, 0.2) is 24.3 Å². The first-order valence-electron chi connectivity index (χ1n) is 4.53. The number of ether oxygens (including phenoxy) is 1. The van der Waals surface area contributed by atoms with Crippen LogP contribution in [0, 0.1) is 0 Å². The topological polar surface area (TPSA) is 26.3 Å². The van der Waals surface area contributed by atoms with Gasteiger partial charge in [0.15, 0.2) is 0 Å². The van der Waals surface area contributed by atoms with E-state index in [0.29, 0.717) is 13.0 Å². The molecule has 1 heterocycles. The summed E-state index contributed by atoms with van der Waals surface area (Å²) in [4.78, 5) is 11.5. The smallest absolute Gasteiger partial charge is 0.143 e. The van der Waals surface area contributed by atoms with E-state index in [0.717, 1.165) is 11.3 Å². The van der Waals surface area contributed by atoms with Gasteiger partial charge < -0.3 is 4.74 Å². The molecular weight excluding hydrogens is 164 g/mol. The largest absolute Gasteiger partial charge is 0.493 e. The van der Waals surface area contributed by atoms with Gasteiger partial charge in [-0.05, 0) is 6.07 Å². The molecule has 0 saturated carbocycles. The van der Waals surface area contributed by atoms with E-state index in [2.05, 4.69) is 0 Å². The van der Waals surface area contributed by atoms with Gasteiger partial charge in [0.05, 0.1) is 6.61 Å². The van der Waals surface area contributed by atoms with Gasteiger partial charge in [-0.25, -0.2) is 0 Å². The van der Waals surface area contributed by atoms with E-state index < -0.39 is 0 Å². The predicted octanol–water partition coefficient (Wildman–Crippen LogP) is 2.14. The number of ketones is 1. The highest BCUT2D eigenvalue weighted by Crippen LogP contribution is 2.30. The van der Waals surface area contributed by atoms with Gasteiger partial charge in [-0.1, -0.05) is 25.1 Å². The van der Waals surface area contributed by atoms with Crippen molar-refractivity contribution in [2.45, 2.75) is 19.3 Å². The fourth-order valence-corrected chi connectivity index (χ4v) is 1.62. The molecule has 0 aliphatic carbocycles. The zero-order valence-corrected chi connectivity index (χ0v) is 7.62. The average molecular weight is 176 g/mol. The number of rotatable bonds is 0. The molecule has 0 aromatic heterocycles. The number of hydrogen-bond donors (Lipinski definition) is 0. The van der Waals surface area contributed by atoms with E-state index in [-0.39, 0.29) is 11.7 Å². The van der Waals surface area contributed by atoms with Crippen molar-refractivity contribution in [2.24, 2.45) is 0 Å². The lowest BCUT2D eigenvalue weighted by Crippen LogP contribution is -2.07. The van der Waals surface area contributed by atoms with Gasteiger partial charge >= 0.3 is 0 Å². The molecule has 1 aliphatic rings. The molecule has 0 bridgehead atoms. The third-order valence-corrected chi connectivity index (χ3v) is 2.47. The van der Waals surface area contributed by atoms with Crippen LogP contribution in [0.3, 0.4) is 0 Å². The molecule has 1 atom stereocenters. The van der Waals surface area contributed by atoms with Crippen molar-refractivity contribution in [3.05, 3.63) is 29.8 Å². The normalized spacial score (nSPS) is 21.6. The molecule has 1 aliphatic heterocycles. The quantitative estimate of drug-likeness (QED) is 0.605. The maximum absolute atomic E-state index is 11.5. The number of carbonyl (C=O) groups is 1. The maximum Gasteiger partial charge on any atom is 0.143 e. The Kier molecular flexibility index (Phi) is 2.05. The van der Waals surface area contributed by atoms with Gasteiger partial charge in [-0.2, -0.15) is 0 Å². The summed E-state index contributed by atoms with van der Waals surface area (Å²) >= 11 is 0. The summed E-state index contributed by atoms with van der Waals surface area (Å²) in [7, 11) is 0. The van der Waals surface area contributed by atoms with Crippen LogP contribution in [0.25, 0.3) is 0 Å². The van der Waals surface area contributed by atoms with E-state index in [1.165, 1.54) is 0 Å². The number of hydrogen-bond acceptors (Lipinski definition) is 2. The fourth-order valence-electron chi connectivity index (χ4n) is 1.62. The van der Waals surface area contributed by atoms with Crippen molar-refractivity contribution in [3.8, 4) is 5.75 Å². The van der Waals surface area contributed by atoms with Gasteiger partial charge in [0.1, 0.15) is 11.5 Å². The molecule has 1 aromatic rings. The summed E-state index contributed by atoms with van der Waals surface area (Å²) in [5.41, 5.74) is 1.02. The number of benzene rings is 1. The van der Waals surface area contributed by atoms with Crippen LogP contribution >= 0.6 is 0 Å². The monoisotopic (exact) mass is 176 g/mol. The first-order valence-corrected chi connectivity index (χ1v) is 4.53. The first-order chi connectivity index (χ1) is 6.29. The Morgan fingerprint density at radius 1 is 1.38 bits per heavy atom. The highest BCUT2D eigenvalue weighted by atomic mass is 16.5. The number of para-hydroxylation sites is 1. The summed E-state index contributed by atoms with van der Waals surface area (Å²) in [6.45, 7) is 2.45. The molecule has 68 valence electrons. The molecule has 2 heteroatoms. The van der Waals surface area contributed by atoms with Crippen LogP contribution in [0.2, 0.25) is 0 Å². The highest BCUT2D eigenvalue weighted by molar-refractivity contribution is 5.86. The zero-order valence-electron chi connectivity index (χ0n) is 7.62. The standard InChI is InChI=1S/C11H12O2/c1-8-9-4-2-3-5-11(9)13-7-6-10(8)12/h2-5,8H,6-7H2,1H3. The Morgan fingerprint density at radius 3 is 3.00 bits per heavy atom. The highest BCUT2D eigenvalue weighted by Gasteiger charge is 2.21. The molecule has 2 rings (SSSR count). The van der Waals surface area contributed by atoms with Crippen LogP contribution in [0.4, 0.5) is 0 Å². The second-order valence-corrected chi connectivity index (χ2v) is 3.32. The van der Waals surface area contributed by atoms with Gasteiger partial charge in [0.25, 0.3) is 0 Å². The molecule has 0 saturated heterocycles. The van der Waals surface area contributed by atoms with Crippen LogP contribution in [-0.2, 0) is 4.79 Å². The molecule has 0 spiro atoms. The molecule has 0 N–H and O–H groups in total. The number of carbonyl (C=O) groups excluding carboxylic acids is 1. The average Bonchev–Trinajstić information content (AvgIpc) is 2.29. The number of Topliss-reactive ketones (excluding diaryl/α,β-unsaturated/α-hetero) is 1. The van der Waals surface area contributed by atoms with Gasteiger partial charge in [0.2, 0.25) is 0 Å². The van der Waals surface area contributed by atoms with Crippen molar-refractivity contribution in [1.29, 1.82) is 0 Å². The maximum atomic E-state index is 11.5. The van der Waals surface area contributed by atoms with Crippen molar-refractivity contribution in [1.82, 2.24) is 0 Å². The lowest BCUT2D eigenvalue weighted by molar-refractivity contribution is -0.120. The lowest BCUT2D eigenvalue weighted by atomic mass is 9.95. The molecule has 1 unspecified atom stereocenters. The van der Waals surface area contributed by atoms with Crippen LogP contribution in [0.5, 0.6) is 5.75 Å². The van der Waals surface area contributed by atoms with Gasteiger partial charge in [-0.3, -0.25) is 4.79 Å². The summed E-state index contributed by atoms with van der Waals surface area (Å²) < 4.78 is 5.47. The molecule has 0 fully saturated rings. The van der Waals surface area contributed by atoms with Crippen molar-refractivity contribution in [3.63, 3.8) is 0 Å². The molecule has 2 nitrogen and oxygen atoms in total. The van der Waals surface area contributed by atoms with E-state index >= 15 is 0 Å². The lowest BCUT2D eigenvalue weighted by Gasteiger charge is -2.09. The molecule has 0 radical (unpaired) electrons.